The van der Waals surface area contributed by atoms with Crippen molar-refractivity contribution in [2.24, 2.45) is 0 Å². The Morgan fingerprint density at radius 1 is 1.00 bits per heavy atom. The summed E-state index contributed by atoms with van der Waals surface area (Å²) in [5.74, 6) is -0.342. The highest BCUT2D eigenvalue weighted by Gasteiger charge is 2.09. The van der Waals surface area contributed by atoms with Crippen molar-refractivity contribution in [3.05, 3.63) is 42.2 Å². The monoisotopic (exact) mass is 217 g/mol. The van der Waals surface area contributed by atoms with E-state index in [0.717, 1.165) is 20.2 Å². The summed E-state index contributed by atoms with van der Waals surface area (Å²) in [5.41, 5.74) is 6.02. The standard InChI is InChI=1S/C12H8FNS/c13-8-5-6-10-11(12(8)14)7-3-1-2-4-9(7)15-10/h1-6H,14H2. The van der Waals surface area contributed by atoms with E-state index in [1.54, 1.807) is 17.4 Å². The molecule has 0 aliphatic rings. The Morgan fingerprint density at radius 2 is 1.80 bits per heavy atom. The summed E-state index contributed by atoms with van der Waals surface area (Å²) in [7, 11) is 0. The number of fused-ring (bicyclic) bond motifs is 3. The number of benzene rings is 2. The van der Waals surface area contributed by atoms with Crippen molar-refractivity contribution >= 4 is 37.2 Å². The summed E-state index contributed by atoms with van der Waals surface area (Å²) in [6.45, 7) is 0. The molecule has 3 heteroatoms. The molecule has 0 aliphatic heterocycles. The van der Waals surface area contributed by atoms with Crippen molar-refractivity contribution in [2.45, 2.75) is 0 Å². The van der Waals surface area contributed by atoms with Crippen LogP contribution in [0.25, 0.3) is 20.2 Å². The van der Waals surface area contributed by atoms with E-state index in [0.29, 0.717) is 0 Å². The SMILES string of the molecule is Nc1c(F)ccc2sc3ccccc3c12. The zero-order valence-corrected chi connectivity index (χ0v) is 8.64. The summed E-state index contributed by atoms with van der Waals surface area (Å²) in [6.07, 6.45) is 0. The van der Waals surface area contributed by atoms with Gasteiger partial charge in [-0.05, 0) is 18.2 Å². The molecule has 0 atom stereocenters. The van der Waals surface area contributed by atoms with E-state index >= 15 is 0 Å². The molecule has 0 amide bonds. The smallest absolute Gasteiger partial charge is 0.146 e. The van der Waals surface area contributed by atoms with E-state index in [1.165, 1.54) is 6.07 Å². The predicted molar refractivity (Wildman–Crippen MR) is 63.7 cm³/mol. The van der Waals surface area contributed by atoms with Crippen LogP contribution in [0.5, 0.6) is 0 Å². The number of nitrogen functional groups attached to an aromatic ring is 1. The number of hydrogen-bond acceptors (Lipinski definition) is 2. The lowest BCUT2D eigenvalue weighted by Gasteiger charge is -1.98. The van der Waals surface area contributed by atoms with Crippen LogP contribution in [0.15, 0.2) is 36.4 Å². The van der Waals surface area contributed by atoms with Crippen molar-refractivity contribution in [1.29, 1.82) is 0 Å². The van der Waals surface area contributed by atoms with Crippen LogP contribution in [0, 0.1) is 5.82 Å². The molecule has 0 spiro atoms. The first kappa shape index (κ1) is 8.68. The Hall–Kier alpha value is -1.61. The number of nitrogens with two attached hydrogens (primary N) is 1. The fraction of sp³-hybridized carbons (Fsp3) is 0. The zero-order valence-electron chi connectivity index (χ0n) is 7.83. The van der Waals surface area contributed by atoms with Gasteiger partial charge in [0, 0.05) is 20.2 Å². The minimum absolute atomic E-state index is 0.255. The van der Waals surface area contributed by atoms with E-state index < -0.39 is 0 Å². The number of hydrogen-bond donors (Lipinski definition) is 1. The number of anilines is 1. The molecule has 0 fully saturated rings. The van der Waals surface area contributed by atoms with Gasteiger partial charge in [0.05, 0.1) is 5.69 Å². The molecule has 2 N–H and O–H groups in total. The van der Waals surface area contributed by atoms with Gasteiger partial charge in [-0.2, -0.15) is 0 Å². The largest absolute Gasteiger partial charge is 0.396 e. The van der Waals surface area contributed by atoms with Crippen LogP contribution in [-0.2, 0) is 0 Å². The Bertz CT molecular complexity index is 657. The highest BCUT2D eigenvalue weighted by molar-refractivity contribution is 7.25. The fourth-order valence-electron chi connectivity index (χ4n) is 1.82. The third-order valence-electron chi connectivity index (χ3n) is 2.53. The van der Waals surface area contributed by atoms with Crippen molar-refractivity contribution in [1.82, 2.24) is 0 Å². The van der Waals surface area contributed by atoms with Gasteiger partial charge in [-0.25, -0.2) is 4.39 Å². The minimum atomic E-state index is -0.342. The number of rotatable bonds is 0. The molecule has 3 rings (SSSR count). The molecule has 0 saturated heterocycles. The lowest BCUT2D eigenvalue weighted by Crippen LogP contribution is -1.89. The van der Waals surface area contributed by atoms with Crippen molar-refractivity contribution in [2.75, 3.05) is 5.73 Å². The van der Waals surface area contributed by atoms with Crippen LogP contribution in [0.3, 0.4) is 0 Å². The van der Waals surface area contributed by atoms with Gasteiger partial charge in [-0.1, -0.05) is 18.2 Å². The lowest BCUT2D eigenvalue weighted by atomic mass is 10.1. The van der Waals surface area contributed by atoms with Gasteiger partial charge in [0.25, 0.3) is 0 Å². The van der Waals surface area contributed by atoms with Gasteiger partial charge in [0.2, 0.25) is 0 Å². The summed E-state index contributed by atoms with van der Waals surface area (Å²) < 4.78 is 15.5. The Labute approximate surface area is 89.9 Å². The molecule has 0 saturated carbocycles. The molecule has 3 aromatic rings. The number of halogens is 1. The molecule has 0 unspecified atom stereocenters. The second-order valence-electron chi connectivity index (χ2n) is 3.43. The third-order valence-corrected chi connectivity index (χ3v) is 3.67. The Kier molecular flexibility index (Phi) is 1.70. The van der Waals surface area contributed by atoms with Gasteiger partial charge in [-0.3, -0.25) is 0 Å². The molecular weight excluding hydrogens is 209 g/mol. The third kappa shape index (κ3) is 1.13. The maximum Gasteiger partial charge on any atom is 0.146 e. The first-order valence-electron chi connectivity index (χ1n) is 4.62. The molecule has 2 aromatic carbocycles. The average Bonchev–Trinajstić information content (AvgIpc) is 2.62. The normalized spacial score (nSPS) is 11.3. The van der Waals surface area contributed by atoms with E-state index in [1.807, 2.05) is 24.3 Å². The molecular formula is C12H8FNS. The number of thiophene rings is 1. The molecule has 0 bridgehead atoms. The summed E-state index contributed by atoms with van der Waals surface area (Å²) in [4.78, 5) is 0. The summed E-state index contributed by atoms with van der Waals surface area (Å²) in [6, 6.07) is 11.1. The van der Waals surface area contributed by atoms with E-state index in [2.05, 4.69) is 0 Å². The van der Waals surface area contributed by atoms with Gasteiger partial charge >= 0.3 is 0 Å². The maximum atomic E-state index is 13.3. The summed E-state index contributed by atoms with van der Waals surface area (Å²) >= 11 is 1.64. The van der Waals surface area contributed by atoms with E-state index in [-0.39, 0.29) is 11.5 Å². The molecule has 1 heterocycles. The topological polar surface area (TPSA) is 26.0 Å². The highest BCUT2D eigenvalue weighted by atomic mass is 32.1. The minimum Gasteiger partial charge on any atom is -0.396 e. The fourth-order valence-corrected chi connectivity index (χ4v) is 2.94. The maximum absolute atomic E-state index is 13.3. The zero-order chi connectivity index (χ0) is 10.4. The lowest BCUT2D eigenvalue weighted by molar-refractivity contribution is 0.634. The van der Waals surface area contributed by atoms with Gasteiger partial charge < -0.3 is 5.73 Å². The van der Waals surface area contributed by atoms with Crippen LogP contribution in [-0.4, -0.2) is 0 Å². The van der Waals surface area contributed by atoms with Crippen molar-refractivity contribution in [3.8, 4) is 0 Å². The van der Waals surface area contributed by atoms with Crippen LogP contribution < -0.4 is 5.73 Å². The molecule has 15 heavy (non-hydrogen) atoms. The van der Waals surface area contributed by atoms with Crippen molar-refractivity contribution < 1.29 is 4.39 Å². The summed E-state index contributed by atoms with van der Waals surface area (Å²) in [5, 5.41) is 1.88. The molecule has 1 aromatic heterocycles. The van der Waals surface area contributed by atoms with Crippen LogP contribution in [0.2, 0.25) is 0 Å². The second kappa shape index (κ2) is 2.94. The first-order valence-corrected chi connectivity index (χ1v) is 5.44. The van der Waals surface area contributed by atoms with Gasteiger partial charge in [0.1, 0.15) is 5.82 Å². The quantitative estimate of drug-likeness (QED) is 0.570. The second-order valence-corrected chi connectivity index (χ2v) is 4.52. The Balaban J connectivity index is 2.63. The van der Waals surface area contributed by atoms with Crippen LogP contribution in [0.1, 0.15) is 0 Å². The molecule has 0 radical (unpaired) electrons. The van der Waals surface area contributed by atoms with Crippen molar-refractivity contribution in [3.63, 3.8) is 0 Å². The molecule has 74 valence electrons. The molecule has 1 nitrogen and oxygen atoms in total. The van der Waals surface area contributed by atoms with Crippen LogP contribution >= 0.6 is 11.3 Å². The van der Waals surface area contributed by atoms with Crippen LogP contribution in [0.4, 0.5) is 10.1 Å². The highest BCUT2D eigenvalue weighted by Crippen LogP contribution is 2.37. The molecule has 0 aliphatic carbocycles. The first-order chi connectivity index (χ1) is 7.27. The Morgan fingerprint density at radius 3 is 2.67 bits per heavy atom. The van der Waals surface area contributed by atoms with E-state index in [9.17, 15) is 4.39 Å². The van der Waals surface area contributed by atoms with Gasteiger partial charge in [-0.15, -0.1) is 11.3 Å². The predicted octanol–water partition coefficient (Wildman–Crippen LogP) is 3.78. The van der Waals surface area contributed by atoms with Gasteiger partial charge in [0.15, 0.2) is 0 Å². The average molecular weight is 217 g/mol. The van der Waals surface area contributed by atoms with E-state index in [4.69, 9.17) is 5.73 Å².